The molecule has 4 rings (SSSR count). The summed E-state index contributed by atoms with van der Waals surface area (Å²) in [5, 5.41) is 3.58. The van der Waals surface area contributed by atoms with Crippen LogP contribution in [0.4, 0.5) is 0 Å². The van der Waals surface area contributed by atoms with Crippen molar-refractivity contribution in [3.8, 4) is 0 Å². The smallest absolute Gasteiger partial charge is 0.194 e. The summed E-state index contributed by atoms with van der Waals surface area (Å²) in [6, 6.07) is 3.97. The summed E-state index contributed by atoms with van der Waals surface area (Å²) in [7, 11) is 0. The zero-order valence-corrected chi connectivity index (χ0v) is 18.4. The average Bonchev–Trinajstić information content (AvgIpc) is 3.50. The van der Waals surface area contributed by atoms with Crippen LogP contribution in [-0.4, -0.2) is 62.5 Å². The van der Waals surface area contributed by atoms with E-state index in [0.717, 1.165) is 82.7 Å². The van der Waals surface area contributed by atoms with Crippen molar-refractivity contribution in [3.05, 3.63) is 24.2 Å². The zero-order chi connectivity index (χ0) is 20.4. The Bertz CT molecular complexity index is 614. The normalized spacial score (nSPS) is 24.5. The van der Waals surface area contributed by atoms with Crippen molar-refractivity contribution >= 4 is 5.96 Å². The minimum atomic E-state index is 0.271. The summed E-state index contributed by atoms with van der Waals surface area (Å²) < 4.78 is 17.6. The highest BCUT2D eigenvalue weighted by molar-refractivity contribution is 5.80. The standard InChI is InChI=1S/C24H39N3O3/c1-2-7-20(6-1)19-30-22-11-14-27(15-12-22)24(25-13-10-21-9-5-17-28-21)26-18-23-8-3-4-16-29-23/h5,9,17,20,22-23H,1-4,6-8,10-16,18-19H2,(H,25,26). The summed E-state index contributed by atoms with van der Waals surface area (Å²) >= 11 is 0. The SMILES string of the molecule is c1coc(CCNC(=NCC2CCCCO2)N2CCC(OCC3CCCC3)CC2)c1. The lowest BCUT2D eigenvalue weighted by Gasteiger charge is -2.35. The molecule has 3 aliphatic rings. The Balaban J connectivity index is 1.25. The van der Waals surface area contributed by atoms with Crippen molar-refractivity contribution in [3.63, 3.8) is 0 Å². The molecule has 0 radical (unpaired) electrons. The second-order valence-electron chi connectivity index (χ2n) is 9.08. The molecule has 1 aromatic rings. The van der Waals surface area contributed by atoms with E-state index in [-0.39, 0.29) is 6.10 Å². The lowest BCUT2D eigenvalue weighted by atomic mass is 10.1. The van der Waals surface area contributed by atoms with Crippen LogP contribution in [0.1, 0.15) is 63.5 Å². The minimum absolute atomic E-state index is 0.271. The number of hydrogen-bond acceptors (Lipinski definition) is 4. The van der Waals surface area contributed by atoms with Crippen molar-refractivity contribution < 1.29 is 13.9 Å². The fourth-order valence-corrected chi connectivity index (χ4v) is 4.84. The van der Waals surface area contributed by atoms with Crippen LogP contribution in [0.25, 0.3) is 0 Å². The van der Waals surface area contributed by atoms with Gasteiger partial charge in [-0.05, 0) is 63.0 Å². The summed E-state index contributed by atoms with van der Waals surface area (Å²) in [6.45, 7) is 5.44. The average molecular weight is 418 g/mol. The van der Waals surface area contributed by atoms with E-state index in [0.29, 0.717) is 6.10 Å². The third-order valence-corrected chi connectivity index (χ3v) is 6.74. The lowest BCUT2D eigenvalue weighted by molar-refractivity contribution is 0.000730. The number of nitrogens with zero attached hydrogens (tertiary/aromatic N) is 2. The number of nitrogens with one attached hydrogen (secondary N) is 1. The van der Waals surface area contributed by atoms with Gasteiger partial charge in [0.1, 0.15) is 5.76 Å². The molecule has 6 nitrogen and oxygen atoms in total. The van der Waals surface area contributed by atoms with E-state index < -0.39 is 0 Å². The van der Waals surface area contributed by atoms with E-state index in [2.05, 4.69) is 10.2 Å². The summed E-state index contributed by atoms with van der Waals surface area (Å²) in [4.78, 5) is 7.36. The van der Waals surface area contributed by atoms with Gasteiger partial charge in [-0.25, -0.2) is 0 Å². The third-order valence-electron chi connectivity index (χ3n) is 6.74. The van der Waals surface area contributed by atoms with Gasteiger partial charge in [0.15, 0.2) is 5.96 Å². The van der Waals surface area contributed by atoms with E-state index in [4.69, 9.17) is 18.9 Å². The van der Waals surface area contributed by atoms with E-state index in [9.17, 15) is 0 Å². The predicted molar refractivity (Wildman–Crippen MR) is 119 cm³/mol. The molecule has 0 spiro atoms. The van der Waals surface area contributed by atoms with Crippen molar-refractivity contribution in [2.75, 3.05) is 39.4 Å². The molecule has 1 atom stereocenters. The Hall–Kier alpha value is -1.53. The molecule has 3 fully saturated rings. The maximum absolute atomic E-state index is 6.26. The van der Waals surface area contributed by atoms with Crippen LogP contribution in [0.5, 0.6) is 0 Å². The van der Waals surface area contributed by atoms with Crippen LogP contribution >= 0.6 is 0 Å². The number of rotatable bonds is 8. The molecule has 0 bridgehead atoms. The number of aliphatic imine (C=N–C) groups is 1. The molecule has 0 aromatic carbocycles. The fraction of sp³-hybridized carbons (Fsp3) is 0.792. The molecule has 0 amide bonds. The van der Waals surface area contributed by atoms with E-state index >= 15 is 0 Å². The van der Waals surface area contributed by atoms with Gasteiger partial charge in [0.25, 0.3) is 0 Å². The number of likely N-dealkylation sites (tertiary alicyclic amines) is 1. The maximum atomic E-state index is 6.26. The Labute approximate surface area is 181 Å². The first-order valence-corrected chi connectivity index (χ1v) is 12.2. The van der Waals surface area contributed by atoms with Gasteiger partial charge in [-0.15, -0.1) is 0 Å². The van der Waals surface area contributed by atoms with Gasteiger partial charge in [-0.1, -0.05) is 12.8 Å². The predicted octanol–water partition coefficient (Wildman–Crippen LogP) is 4.01. The Morgan fingerprint density at radius 1 is 1.10 bits per heavy atom. The van der Waals surface area contributed by atoms with Gasteiger partial charge in [-0.2, -0.15) is 0 Å². The first-order valence-electron chi connectivity index (χ1n) is 12.2. The van der Waals surface area contributed by atoms with Crippen molar-refractivity contribution in [2.24, 2.45) is 10.9 Å². The zero-order valence-electron chi connectivity index (χ0n) is 18.4. The van der Waals surface area contributed by atoms with Crippen LogP contribution in [0.2, 0.25) is 0 Å². The Morgan fingerprint density at radius 3 is 2.67 bits per heavy atom. The summed E-state index contributed by atoms with van der Waals surface area (Å²) in [5.74, 6) is 2.83. The Kier molecular flexibility index (Phi) is 8.50. The maximum Gasteiger partial charge on any atom is 0.194 e. The van der Waals surface area contributed by atoms with Crippen LogP contribution < -0.4 is 5.32 Å². The van der Waals surface area contributed by atoms with Gasteiger partial charge >= 0.3 is 0 Å². The summed E-state index contributed by atoms with van der Waals surface area (Å²) in [5.41, 5.74) is 0. The Morgan fingerprint density at radius 2 is 1.93 bits per heavy atom. The van der Waals surface area contributed by atoms with Gasteiger partial charge < -0.3 is 24.1 Å². The number of piperidine rings is 1. The molecule has 3 heterocycles. The first kappa shape index (κ1) is 21.7. The molecule has 168 valence electrons. The van der Waals surface area contributed by atoms with Gasteiger partial charge in [0.2, 0.25) is 0 Å². The lowest BCUT2D eigenvalue weighted by Crippen LogP contribution is -2.48. The number of ether oxygens (including phenoxy) is 2. The second kappa shape index (κ2) is 11.8. The van der Waals surface area contributed by atoms with Crippen molar-refractivity contribution in [2.45, 2.75) is 76.4 Å². The van der Waals surface area contributed by atoms with Gasteiger partial charge in [0.05, 0.1) is 25.0 Å². The van der Waals surface area contributed by atoms with E-state index in [1.54, 1.807) is 6.26 Å². The molecule has 1 unspecified atom stereocenters. The highest BCUT2D eigenvalue weighted by Crippen LogP contribution is 2.26. The van der Waals surface area contributed by atoms with Crippen LogP contribution in [-0.2, 0) is 15.9 Å². The molecular weight excluding hydrogens is 378 g/mol. The molecule has 30 heavy (non-hydrogen) atoms. The van der Waals surface area contributed by atoms with Crippen LogP contribution in [0.3, 0.4) is 0 Å². The molecular formula is C24H39N3O3. The molecule has 6 heteroatoms. The fourth-order valence-electron chi connectivity index (χ4n) is 4.84. The van der Waals surface area contributed by atoms with Crippen molar-refractivity contribution in [1.29, 1.82) is 0 Å². The van der Waals surface area contributed by atoms with Crippen LogP contribution in [0.15, 0.2) is 27.8 Å². The molecule has 1 aliphatic carbocycles. The van der Waals surface area contributed by atoms with Gasteiger partial charge in [0, 0.05) is 39.3 Å². The largest absolute Gasteiger partial charge is 0.469 e. The molecule has 1 saturated carbocycles. The second-order valence-corrected chi connectivity index (χ2v) is 9.08. The monoisotopic (exact) mass is 417 g/mol. The van der Waals surface area contributed by atoms with Gasteiger partial charge in [-0.3, -0.25) is 4.99 Å². The summed E-state index contributed by atoms with van der Waals surface area (Å²) in [6.07, 6.45) is 14.5. The first-order chi connectivity index (χ1) is 14.9. The number of furan rings is 1. The number of guanidine groups is 1. The molecule has 2 aliphatic heterocycles. The third kappa shape index (κ3) is 6.74. The quantitative estimate of drug-likeness (QED) is 0.512. The molecule has 1 aromatic heterocycles. The highest BCUT2D eigenvalue weighted by Gasteiger charge is 2.24. The van der Waals surface area contributed by atoms with Crippen molar-refractivity contribution in [1.82, 2.24) is 10.2 Å². The molecule has 2 saturated heterocycles. The van der Waals surface area contributed by atoms with Crippen LogP contribution in [0, 0.1) is 5.92 Å². The highest BCUT2D eigenvalue weighted by atomic mass is 16.5. The topological polar surface area (TPSA) is 59.2 Å². The van der Waals surface area contributed by atoms with E-state index in [1.165, 1.54) is 38.5 Å². The minimum Gasteiger partial charge on any atom is -0.469 e. The number of hydrogen-bond donors (Lipinski definition) is 1. The molecule has 1 N–H and O–H groups in total. The van der Waals surface area contributed by atoms with E-state index in [1.807, 2.05) is 12.1 Å².